The number of hydrogen-bond donors (Lipinski definition) is 1. The fourth-order valence-corrected chi connectivity index (χ4v) is 3.55. The number of nitrogens with zero attached hydrogens (tertiary/aromatic N) is 3. The molecule has 1 N–H and O–H groups in total. The zero-order valence-corrected chi connectivity index (χ0v) is 11.2. The van der Waals surface area contributed by atoms with E-state index in [-0.39, 0.29) is 5.60 Å². The lowest BCUT2D eigenvalue weighted by Gasteiger charge is -2.47. The van der Waals surface area contributed by atoms with Crippen molar-refractivity contribution in [2.45, 2.75) is 44.2 Å². The highest BCUT2D eigenvalue weighted by Crippen LogP contribution is 2.39. The van der Waals surface area contributed by atoms with Gasteiger partial charge in [-0.15, -0.1) is 0 Å². The molecule has 2 atom stereocenters. The Labute approximate surface area is 109 Å². The van der Waals surface area contributed by atoms with Crippen molar-refractivity contribution in [3.63, 3.8) is 0 Å². The summed E-state index contributed by atoms with van der Waals surface area (Å²) in [7, 11) is 2.04. The van der Waals surface area contributed by atoms with E-state index in [9.17, 15) is 5.11 Å². The monoisotopic (exact) mass is 249 g/mol. The van der Waals surface area contributed by atoms with Crippen LogP contribution in [-0.2, 0) is 13.6 Å². The molecule has 1 saturated heterocycles. The molecule has 3 rings (SSSR count). The molecule has 1 aromatic heterocycles. The number of piperidine rings is 1. The van der Waals surface area contributed by atoms with E-state index in [4.69, 9.17) is 0 Å². The Morgan fingerprint density at radius 1 is 1.44 bits per heavy atom. The Kier molecular flexibility index (Phi) is 3.16. The van der Waals surface area contributed by atoms with E-state index in [1.165, 1.54) is 25.0 Å². The van der Waals surface area contributed by atoms with Crippen molar-refractivity contribution in [2.75, 3.05) is 13.1 Å². The highest BCUT2D eigenvalue weighted by Gasteiger charge is 2.42. The molecule has 0 radical (unpaired) electrons. The van der Waals surface area contributed by atoms with Crippen LogP contribution in [0.2, 0.25) is 0 Å². The largest absolute Gasteiger partial charge is 0.390 e. The average Bonchev–Trinajstić information content (AvgIpc) is 2.75. The third kappa shape index (κ3) is 2.19. The molecular weight excluding hydrogens is 226 g/mol. The topological polar surface area (TPSA) is 41.3 Å². The standard InChI is InChI=1S/C14H23N3O/c1-16-11-15-8-13(16)10-17-7-6-14(18)5-3-2-4-12(14)9-17/h8,11-12,18H,2-7,9-10H2,1H3. The van der Waals surface area contributed by atoms with Crippen LogP contribution in [0.25, 0.3) is 0 Å². The zero-order valence-electron chi connectivity index (χ0n) is 11.2. The molecule has 100 valence electrons. The minimum Gasteiger partial charge on any atom is -0.390 e. The molecule has 2 heterocycles. The van der Waals surface area contributed by atoms with Crippen molar-refractivity contribution >= 4 is 0 Å². The SMILES string of the molecule is Cn1cncc1CN1CCC2(O)CCCCC2C1. The van der Waals surface area contributed by atoms with Crippen LogP contribution in [0.15, 0.2) is 12.5 Å². The van der Waals surface area contributed by atoms with E-state index in [0.717, 1.165) is 32.5 Å². The summed E-state index contributed by atoms with van der Waals surface area (Å²) < 4.78 is 2.08. The smallest absolute Gasteiger partial charge is 0.0945 e. The number of rotatable bonds is 2. The second-order valence-electron chi connectivity index (χ2n) is 6.03. The Morgan fingerprint density at radius 2 is 2.33 bits per heavy atom. The van der Waals surface area contributed by atoms with Gasteiger partial charge in [0, 0.05) is 38.8 Å². The number of aliphatic hydroxyl groups is 1. The van der Waals surface area contributed by atoms with Gasteiger partial charge < -0.3 is 9.67 Å². The fraction of sp³-hybridized carbons (Fsp3) is 0.786. The van der Waals surface area contributed by atoms with Gasteiger partial charge in [0.1, 0.15) is 0 Å². The van der Waals surface area contributed by atoms with Crippen LogP contribution < -0.4 is 0 Å². The maximum atomic E-state index is 10.6. The van der Waals surface area contributed by atoms with E-state index in [1.54, 1.807) is 0 Å². The molecule has 0 spiro atoms. The molecule has 2 aliphatic rings. The Hall–Kier alpha value is -0.870. The summed E-state index contributed by atoms with van der Waals surface area (Å²) in [5, 5.41) is 10.6. The van der Waals surface area contributed by atoms with Crippen LogP contribution >= 0.6 is 0 Å². The average molecular weight is 249 g/mol. The first-order valence-electron chi connectivity index (χ1n) is 7.07. The van der Waals surface area contributed by atoms with Gasteiger partial charge in [0.15, 0.2) is 0 Å². The predicted octanol–water partition coefficient (Wildman–Crippen LogP) is 1.55. The van der Waals surface area contributed by atoms with Gasteiger partial charge in [-0.1, -0.05) is 12.8 Å². The number of fused-ring (bicyclic) bond motifs is 1. The fourth-order valence-electron chi connectivity index (χ4n) is 3.55. The lowest BCUT2D eigenvalue weighted by Crippen LogP contribution is -2.53. The highest BCUT2D eigenvalue weighted by atomic mass is 16.3. The van der Waals surface area contributed by atoms with Gasteiger partial charge in [-0.05, 0) is 19.3 Å². The van der Waals surface area contributed by atoms with Gasteiger partial charge in [0.2, 0.25) is 0 Å². The number of imidazole rings is 1. The van der Waals surface area contributed by atoms with Crippen LogP contribution in [0.1, 0.15) is 37.8 Å². The lowest BCUT2D eigenvalue weighted by atomic mass is 9.71. The Bertz CT molecular complexity index is 417. The summed E-state index contributed by atoms with van der Waals surface area (Å²) >= 11 is 0. The van der Waals surface area contributed by atoms with Gasteiger partial charge in [-0.25, -0.2) is 4.98 Å². The Morgan fingerprint density at radius 3 is 3.11 bits per heavy atom. The second-order valence-corrected chi connectivity index (χ2v) is 6.03. The van der Waals surface area contributed by atoms with Crippen molar-refractivity contribution in [3.8, 4) is 0 Å². The molecule has 0 aromatic carbocycles. The maximum absolute atomic E-state index is 10.6. The third-order valence-corrected chi connectivity index (χ3v) is 4.81. The molecule has 18 heavy (non-hydrogen) atoms. The van der Waals surface area contributed by atoms with Crippen LogP contribution in [-0.4, -0.2) is 38.2 Å². The first-order valence-corrected chi connectivity index (χ1v) is 7.07. The highest BCUT2D eigenvalue weighted by molar-refractivity contribution is 5.01. The van der Waals surface area contributed by atoms with Gasteiger partial charge in [0.05, 0.1) is 17.6 Å². The molecule has 1 aliphatic heterocycles. The van der Waals surface area contributed by atoms with Gasteiger partial charge in [-0.2, -0.15) is 0 Å². The molecule has 0 amide bonds. The quantitative estimate of drug-likeness (QED) is 0.864. The summed E-state index contributed by atoms with van der Waals surface area (Å²) in [6.07, 6.45) is 9.43. The van der Waals surface area contributed by atoms with Crippen LogP contribution in [0, 0.1) is 5.92 Å². The number of hydrogen-bond acceptors (Lipinski definition) is 3. The second kappa shape index (κ2) is 4.67. The number of likely N-dealkylation sites (tertiary alicyclic amines) is 1. The summed E-state index contributed by atoms with van der Waals surface area (Å²) in [6, 6.07) is 0. The maximum Gasteiger partial charge on any atom is 0.0945 e. The zero-order chi connectivity index (χ0) is 12.6. The van der Waals surface area contributed by atoms with E-state index in [0.29, 0.717) is 5.92 Å². The molecular formula is C14H23N3O. The van der Waals surface area contributed by atoms with Crippen LogP contribution in [0.5, 0.6) is 0 Å². The van der Waals surface area contributed by atoms with Crippen molar-refractivity contribution in [3.05, 3.63) is 18.2 Å². The van der Waals surface area contributed by atoms with Gasteiger partial charge in [0.25, 0.3) is 0 Å². The van der Waals surface area contributed by atoms with Crippen molar-refractivity contribution in [1.29, 1.82) is 0 Å². The van der Waals surface area contributed by atoms with E-state index >= 15 is 0 Å². The number of aryl methyl sites for hydroxylation is 1. The molecule has 2 fully saturated rings. The normalized spacial score (nSPS) is 33.3. The Balaban J connectivity index is 1.65. The first-order chi connectivity index (χ1) is 8.67. The molecule has 2 unspecified atom stereocenters. The molecule has 4 nitrogen and oxygen atoms in total. The van der Waals surface area contributed by atoms with E-state index in [1.807, 2.05) is 19.6 Å². The predicted molar refractivity (Wildman–Crippen MR) is 70.0 cm³/mol. The van der Waals surface area contributed by atoms with Crippen LogP contribution in [0.4, 0.5) is 0 Å². The third-order valence-electron chi connectivity index (χ3n) is 4.81. The lowest BCUT2D eigenvalue weighted by molar-refractivity contribution is -0.0970. The molecule has 1 aromatic rings. The summed E-state index contributed by atoms with van der Waals surface area (Å²) in [4.78, 5) is 6.64. The molecule has 4 heteroatoms. The van der Waals surface area contributed by atoms with Crippen molar-refractivity contribution in [1.82, 2.24) is 14.5 Å². The first kappa shape index (κ1) is 12.2. The van der Waals surface area contributed by atoms with Gasteiger partial charge in [-0.3, -0.25) is 4.90 Å². The van der Waals surface area contributed by atoms with E-state index < -0.39 is 0 Å². The molecule has 1 saturated carbocycles. The van der Waals surface area contributed by atoms with E-state index in [2.05, 4.69) is 14.5 Å². The van der Waals surface area contributed by atoms with Crippen molar-refractivity contribution < 1.29 is 5.11 Å². The van der Waals surface area contributed by atoms with Gasteiger partial charge >= 0.3 is 0 Å². The minimum absolute atomic E-state index is 0.360. The summed E-state index contributed by atoms with van der Waals surface area (Å²) in [6.45, 7) is 3.02. The number of aromatic nitrogens is 2. The summed E-state index contributed by atoms with van der Waals surface area (Å²) in [5.41, 5.74) is 0.901. The molecule has 0 bridgehead atoms. The van der Waals surface area contributed by atoms with Crippen molar-refractivity contribution in [2.24, 2.45) is 13.0 Å². The summed E-state index contributed by atoms with van der Waals surface area (Å²) in [5.74, 6) is 0.480. The van der Waals surface area contributed by atoms with Crippen LogP contribution in [0.3, 0.4) is 0 Å². The molecule has 1 aliphatic carbocycles. The minimum atomic E-state index is -0.360.